The first-order chi connectivity index (χ1) is 8.04. The summed E-state index contributed by atoms with van der Waals surface area (Å²) < 4.78 is 30.1. The molecule has 1 aromatic carbocycles. The van der Waals surface area contributed by atoms with E-state index in [-0.39, 0.29) is 11.9 Å². The molecule has 0 spiro atoms. The quantitative estimate of drug-likeness (QED) is 0.802. The fraction of sp³-hybridized carbons (Fsp3) is 0.417. The highest BCUT2D eigenvalue weighted by Crippen LogP contribution is 2.08. The van der Waals surface area contributed by atoms with Crippen LogP contribution >= 0.6 is 0 Å². The summed E-state index contributed by atoms with van der Waals surface area (Å²) in [5.41, 5.74) is 0.626. The number of hydrogen-bond donors (Lipinski definition) is 1. The van der Waals surface area contributed by atoms with Crippen LogP contribution in [0.25, 0.3) is 0 Å². The second-order valence-electron chi connectivity index (χ2n) is 3.80. The van der Waals surface area contributed by atoms with Crippen LogP contribution in [0.3, 0.4) is 0 Å². The van der Waals surface area contributed by atoms with Gasteiger partial charge in [0, 0.05) is 13.1 Å². The Labute approximate surface area is 98.8 Å². The number of carbonyl (C=O) groups excluding carboxylic acids is 1. The Balaban J connectivity index is 2.40. The molecular weight excluding hydrogens is 228 g/mol. The maximum Gasteiger partial charge on any atom is 0.309 e. The summed E-state index contributed by atoms with van der Waals surface area (Å²) in [7, 11) is 1.33. The standard InChI is InChI=1S/C12H15F2NO2/c1-8(12(16)17-2)6-15-7-9-3-4-10(13)11(14)5-9/h3-5,8,15H,6-7H2,1-2H3. The van der Waals surface area contributed by atoms with Crippen molar-refractivity contribution in [3.05, 3.63) is 35.4 Å². The molecule has 0 saturated heterocycles. The third-order valence-electron chi connectivity index (χ3n) is 2.37. The third kappa shape index (κ3) is 4.11. The van der Waals surface area contributed by atoms with Crippen LogP contribution in [0.2, 0.25) is 0 Å². The largest absolute Gasteiger partial charge is 0.469 e. The normalized spacial score (nSPS) is 12.2. The predicted molar refractivity (Wildman–Crippen MR) is 59.2 cm³/mol. The summed E-state index contributed by atoms with van der Waals surface area (Å²) in [6.07, 6.45) is 0. The van der Waals surface area contributed by atoms with Gasteiger partial charge >= 0.3 is 5.97 Å². The van der Waals surface area contributed by atoms with Crippen LogP contribution < -0.4 is 5.32 Å². The number of benzene rings is 1. The second-order valence-corrected chi connectivity index (χ2v) is 3.80. The molecule has 0 aliphatic carbocycles. The van der Waals surface area contributed by atoms with Crippen molar-refractivity contribution in [2.75, 3.05) is 13.7 Å². The van der Waals surface area contributed by atoms with Crippen LogP contribution in [0.5, 0.6) is 0 Å². The first kappa shape index (κ1) is 13.6. The summed E-state index contributed by atoms with van der Waals surface area (Å²) in [5, 5.41) is 2.97. The minimum atomic E-state index is -0.870. The van der Waals surface area contributed by atoms with Crippen molar-refractivity contribution in [3.63, 3.8) is 0 Å². The van der Waals surface area contributed by atoms with E-state index in [4.69, 9.17) is 0 Å². The fourth-order valence-corrected chi connectivity index (χ4v) is 1.37. The second kappa shape index (κ2) is 6.30. The molecule has 0 amide bonds. The van der Waals surface area contributed by atoms with Crippen molar-refractivity contribution in [2.24, 2.45) is 5.92 Å². The SMILES string of the molecule is COC(=O)C(C)CNCc1ccc(F)c(F)c1. The molecule has 1 rings (SSSR count). The lowest BCUT2D eigenvalue weighted by Crippen LogP contribution is -2.27. The van der Waals surface area contributed by atoms with Gasteiger partial charge in [0.25, 0.3) is 0 Å². The zero-order chi connectivity index (χ0) is 12.8. The monoisotopic (exact) mass is 243 g/mol. The summed E-state index contributed by atoms with van der Waals surface area (Å²) in [6.45, 7) is 2.52. The molecule has 0 saturated carbocycles. The maximum absolute atomic E-state index is 12.9. The van der Waals surface area contributed by atoms with Gasteiger partial charge in [-0.15, -0.1) is 0 Å². The Morgan fingerprint density at radius 3 is 2.71 bits per heavy atom. The van der Waals surface area contributed by atoms with Crippen LogP contribution in [0.1, 0.15) is 12.5 Å². The van der Waals surface area contributed by atoms with E-state index in [1.807, 2.05) is 0 Å². The summed E-state index contributed by atoms with van der Waals surface area (Å²) >= 11 is 0. The molecular formula is C12H15F2NO2. The van der Waals surface area contributed by atoms with E-state index in [2.05, 4.69) is 10.1 Å². The molecule has 0 fully saturated rings. The van der Waals surface area contributed by atoms with Crippen molar-refractivity contribution in [1.29, 1.82) is 0 Å². The molecule has 0 bridgehead atoms. The van der Waals surface area contributed by atoms with Gasteiger partial charge in [0.15, 0.2) is 11.6 Å². The Bertz CT molecular complexity index is 396. The maximum atomic E-state index is 12.9. The first-order valence-electron chi connectivity index (χ1n) is 5.27. The van der Waals surface area contributed by atoms with Crippen molar-refractivity contribution < 1.29 is 18.3 Å². The lowest BCUT2D eigenvalue weighted by Gasteiger charge is -2.10. The Hall–Kier alpha value is -1.49. The molecule has 0 aromatic heterocycles. The lowest BCUT2D eigenvalue weighted by molar-refractivity contribution is -0.144. The first-order valence-corrected chi connectivity index (χ1v) is 5.27. The average molecular weight is 243 g/mol. The summed E-state index contributed by atoms with van der Waals surface area (Å²) in [6, 6.07) is 3.70. The molecule has 0 heterocycles. The number of rotatable bonds is 5. The summed E-state index contributed by atoms with van der Waals surface area (Å²) in [4.78, 5) is 11.1. The lowest BCUT2D eigenvalue weighted by atomic mass is 10.1. The molecule has 3 nitrogen and oxygen atoms in total. The van der Waals surface area contributed by atoms with Gasteiger partial charge < -0.3 is 10.1 Å². The van der Waals surface area contributed by atoms with Gasteiger partial charge in [-0.25, -0.2) is 8.78 Å². The Morgan fingerprint density at radius 1 is 1.41 bits per heavy atom. The van der Waals surface area contributed by atoms with Gasteiger partial charge in [-0.1, -0.05) is 13.0 Å². The molecule has 17 heavy (non-hydrogen) atoms. The topological polar surface area (TPSA) is 38.3 Å². The zero-order valence-corrected chi connectivity index (χ0v) is 9.80. The highest BCUT2D eigenvalue weighted by molar-refractivity contribution is 5.71. The number of halogens is 2. The van der Waals surface area contributed by atoms with E-state index < -0.39 is 11.6 Å². The van der Waals surface area contributed by atoms with E-state index in [9.17, 15) is 13.6 Å². The Kier molecular flexibility index (Phi) is 5.03. The van der Waals surface area contributed by atoms with E-state index >= 15 is 0 Å². The van der Waals surface area contributed by atoms with Crippen LogP contribution in [0, 0.1) is 17.6 Å². The fourth-order valence-electron chi connectivity index (χ4n) is 1.37. The molecule has 94 valence electrons. The highest BCUT2D eigenvalue weighted by Gasteiger charge is 2.12. The minimum absolute atomic E-state index is 0.273. The number of ether oxygens (including phenoxy) is 1. The van der Waals surface area contributed by atoms with E-state index in [1.165, 1.54) is 13.2 Å². The summed E-state index contributed by atoms with van der Waals surface area (Å²) in [5.74, 6) is -2.31. The van der Waals surface area contributed by atoms with Gasteiger partial charge in [-0.05, 0) is 17.7 Å². The molecule has 1 N–H and O–H groups in total. The predicted octanol–water partition coefficient (Wildman–Crippen LogP) is 1.86. The van der Waals surface area contributed by atoms with Crippen LogP contribution in [-0.2, 0) is 16.1 Å². The van der Waals surface area contributed by atoms with Gasteiger partial charge in [0.1, 0.15) is 0 Å². The number of hydrogen-bond acceptors (Lipinski definition) is 3. The zero-order valence-electron chi connectivity index (χ0n) is 9.80. The molecule has 1 unspecified atom stereocenters. The van der Waals surface area contributed by atoms with Crippen LogP contribution in [-0.4, -0.2) is 19.6 Å². The van der Waals surface area contributed by atoms with E-state index in [1.54, 1.807) is 6.92 Å². The molecule has 0 radical (unpaired) electrons. The smallest absolute Gasteiger partial charge is 0.309 e. The number of methoxy groups -OCH3 is 1. The van der Waals surface area contributed by atoms with E-state index in [0.29, 0.717) is 18.7 Å². The van der Waals surface area contributed by atoms with Gasteiger partial charge in [-0.2, -0.15) is 0 Å². The van der Waals surface area contributed by atoms with Crippen molar-refractivity contribution in [3.8, 4) is 0 Å². The van der Waals surface area contributed by atoms with Crippen molar-refractivity contribution in [2.45, 2.75) is 13.5 Å². The number of carbonyl (C=O) groups is 1. The van der Waals surface area contributed by atoms with Crippen molar-refractivity contribution in [1.82, 2.24) is 5.32 Å². The van der Waals surface area contributed by atoms with Crippen LogP contribution in [0.15, 0.2) is 18.2 Å². The third-order valence-corrected chi connectivity index (χ3v) is 2.37. The van der Waals surface area contributed by atoms with Gasteiger partial charge in [0.05, 0.1) is 13.0 Å². The number of esters is 1. The molecule has 1 aromatic rings. The van der Waals surface area contributed by atoms with Gasteiger partial charge in [0.2, 0.25) is 0 Å². The van der Waals surface area contributed by atoms with Crippen LogP contribution in [0.4, 0.5) is 8.78 Å². The number of nitrogens with one attached hydrogen (secondary N) is 1. The minimum Gasteiger partial charge on any atom is -0.469 e. The van der Waals surface area contributed by atoms with Crippen molar-refractivity contribution >= 4 is 5.97 Å². The molecule has 0 aliphatic rings. The van der Waals surface area contributed by atoms with Gasteiger partial charge in [-0.3, -0.25) is 4.79 Å². The molecule has 0 aliphatic heterocycles. The average Bonchev–Trinajstić information content (AvgIpc) is 2.32. The molecule has 1 atom stereocenters. The van der Waals surface area contributed by atoms with E-state index in [0.717, 1.165) is 12.1 Å². The highest BCUT2D eigenvalue weighted by atomic mass is 19.2. The Morgan fingerprint density at radius 2 is 2.12 bits per heavy atom. The molecule has 5 heteroatoms.